The Balaban J connectivity index is 1.71. The summed E-state index contributed by atoms with van der Waals surface area (Å²) in [5, 5.41) is 9.72. The number of aliphatic hydroxyl groups is 1. The molecular weight excluding hydrogens is 310 g/mol. The van der Waals surface area contributed by atoms with Crippen LogP contribution in [0.3, 0.4) is 0 Å². The number of hydrogen-bond donors (Lipinski definition) is 2. The largest absolute Gasteiger partial charge is 0.396 e. The quantitative estimate of drug-likeness (QED) is 0.801. The molecule has 0 heterocycles. The second-order valence-corrected chi connectivity index (χ2v) is 9.71. The van der Waals surface area contributed by atoms with Crippen LogP contribution in [0.15, 0.2) is 23.4 Å². The molecule has 7 atom stereocenters. The van der Waals surface area contributed by atoms with Crippen LogP contribution in [0.4, 0.5) is 0 Å². The third-order valence-electron chi connectivity index (χ3n) is 8.76. The lowest BCUT2D eigenvalue weighted by Crippen LogP contribution is -2.50. The van der Waals surface area contributed by atoms with E-state index in [1.54, 1.807) is 0 Å². The molecule has 0 aliphatic heterocycles. The third kappa shape index (κ3) is 2.24. The van der Waals surface area contributed by atoms with E-state index < -0.39 is 0 Å². The molecule has 0 aromatic carbocycles. The van der Waals surface area contributed by atoms with Gasteiger partial charge in [0.25, 0.3) is 0 Å². The predicted molar refractivity (Wildman–Crippen MR) is 99.5 cm³/mol. The van der Waals surface area contributed by atoms with Gasteiger partial charge < -0.3 is 10.8 Å². The maximum atomic E-state index is 12.1. The molecule has 4 aliphatic rings. The SMILES string of the molecule is C[C@H](CO)[C@H]1CCC2C3C=CC4=C(N)C(=O)CC[C@]4(C)C3CC[C@@]21C. The van der Waals surface area contributed by atoms with Gasteiger partial charge in [-0.2, -0.15) is 0 Å². The molecule has 0 amide bonds. The number of aliphatic hydroxyl groups excluding tert-OH is 1. The molecule has 3 unspecified atom stereocenters. The van der Waals surface area contributed by atoms with Gasteiger partial charge in [0, 0.05) is 13.0 Å². The highest BCUT2D eigenvalue weighted by molar-refractivity contribution is 5.97. The summed E-state index contributed by atoms with van der Waals surface area (Å²) in [5.41, 5.74) is 8.26. The fourth-order valence-corrected chi connectivity index (χ4v) is 7.28. The summed E-state index contributed by atoms with van der Waals surface area (Å²) in [6, 6.07) is 0. The molecule has 4 rings (SSSR count). The average Bonchev–Trinajstić information content (AvgIpc) is 2.95. The molecule has 0 aromatic rings. The Morgan fingerprint density at radius 2 is 2.00 bits per heavy atom. The Hall–Kier alpha value is -1.09. The van der Waals surface area contributed by atoms with Gasteiger partial charge in [0.05, 0.1) is 5.70 Å². The Bertz CT molecular complexity index is 650. The topological polar surface area (TPSA) is 63.3 Å². The molecule has 3 heteroatoms. The summed E-state index contributed by atoms with van der Waals surface area (Å²) >= 11 is 0. The molecule has 0 aromatic heterocycles. The van der Waals surface area contributed by atoms with Crippen LogP contribution in [0.5, 0.6) is 0 Å². The van der Waals surface area contributed by atoms with Crippen LogP contribution in [-0.4, -0.2) is 17.5 Å². The Morgan fingerprint density at radius 1 is 1.24 bits per heavy atom. The van der Waals surface area contributed by atoms with Crippen molar-refractivity contribution in [3.05, 3.63) is 23.4 Å². The lowest BCUT2D eigenvalue weighted by atomic mass is 9.48. The van der Waals surface area contributed by atoms with E-state index >= 15 is 0 Å². The summed E-state index contributed by atoms with van der Waals surface area (Å²) in [5.74, 6) is 3.09. The first kappa shape index (κ1) is 17.3. The van der Waals surface area contributed by atoms with Crippen molar-refractivity contribution >= 4 is 5.78 Å². The molecule has 138 valence electrons. The van der Waals surface area contributed by atoms with Gasteiger partial charge in [-0.1, -0.05) is 32.9 Å². The van der Waals surface area contributed by atoms with E-state index in [4.69, 9.17) is 5.73 Å². The van der Waals surface area contributed by atoms with Gasteiger partial charge in [-0.05, 0) is 78.1 Å². The van der Waals surface area contributed by atoms with Crippen molar-refractivity contribution in [3.63, 3.8) is 0 Å². The lowest BCUT2D eigenvalue weighted by Gasteiger charge is -2.56. The minimum Gasteiger partial charge on any atom is -0.396 e. The van der Waals surface area contributed by atoms with Crippen molar-refractivity contribution in [2.75, 3.05) is 6.61 Å². The molecular formula is C22H33NO2. The number of carbonyl (C=O) groups excluding carboxylic acids is 1. The van der Waals surface area contributed by atoms with Gasteiger partial charge in [0.15, 0.2) is 5.78 Å². The first-order chi connectivity index (χ1) is 11.8. The molecule has 0 radical (unpaired) electrons. The standard InChI is InChI=1S/C22H33NO2/c1-13(12-24)15-6-7-16-14-4-5-18-20(23)19(25)9-11-22(18,3)17(14)8-10-21(15,16)2/h4-5,13-17,24H,6-12,23H2,1-3H3/t13-,14?,15-,16?,17?,21-,22-/m1/s1. The number of fused-ring (bicyclic) bond motifs is 5. The molecule has 4 aliphatic carbocycles. The van der Waals surface area contributed by atoms with E-state index in [2.05, 4.69) is 32.9 Å². The van der Waals surface area contributed by atoms with Crippen LogP contribution < -0.4 is 5.73 Å². The molecule has 0 saturated heterocycles. The smallest absolute Gasteiger partial charge is 0.178 e. The highest BCUT2D eigenvalue weighted by Crippen LogP contribution is 2.66. The van der Waals surface area contributed by atoms with E-state index in [1.807, 2.05) is 0 Å². The second kappa shape index (κ2) is 5.70. The van der Waals surface area contributed by atoms with Crippen LogP contribution >= 0.6 is 0 Å². The highest BCUT2D eigenvalue weighted by atomic mass is 16.3. The van der Waals surface area contributed by atoms with E-state index in [1.165, 1.54) is 25.7 Å². The van der Waals surface area contributed by atoms with Crippen molar-refractivity contribution in [1.82, 2.24) is 0 Å². The van der Waals surface area contributed by atoms with Gasteiger partial charge in [0.2, 0.25) is 0 Å². The van der Waals surface area contributed by atoms with E-state index in [-0.39, 0.29) is 11.2 Å². The zero-order valence-electron chi connectivity index (χ0n) is 15.9. The maximum absolute atomic E-state index is 12.1. The summed E-state index contributed by atoms with van der Waals surface area (Å²) in [6.45, 7) is 7.36. The fraction of sp³-hybridized carbons (Fsp3) is 0.773. The van der Waals surface area contributed by atoms with E-state index in [0.29, 0.717) is 53.7 Å². The fourth-order valence-electron chi connectivity index (χ4n) is 7.28. The number of rotatable bonds is 2. The minimum atomic E-state index is 0.0689. The molecule has 3 N–H and O–H groups in total. The summed E-state index contributed by atoms with van der Waals surface area (Å²) in [4.78, 5) is 12.1. The van der Waals surface area contributed by atoms with Crippen LogP contribution in [-0.2, 0) is 4.79 Å². The first-order valence-electron chi connectivity index (χ1n) is 10.2. The van der Waals surface area contributed by atoms with Crippen molar-refractivity contribution in [2.45, 2.75) is 59.3 Å². The minimum absolute atomic E-state index is 0.0689. The van der Waals surface area contributed by atoms with Gasteiger partial charge in [-0.3, -0.25) is 4.79 Å². The number of allylic oxidation sites excluding steroid dienone is 4. The number of hydrogen-bond acceptors (Lipinski definition) is 3. The number of Topliss-reactive ketones (excluding diaryl/α,β-unsaturated/α-hetero) is 1. The van der Waals surface area contributed by atoms with Crippen molar-refractivity contribution in [2.24, 2.45) is 46.2 Å². The van der Waals surface area contributed by atoms with Crippen LogP contribution in [0.25, 0.3) is 0 Å². The number of ketones is 1. The van der Waals surface area contributed by atoms with Crippen LogP contribution in [0.1, 0.15) is 59.3 Å². The molecule has 3 nitrogen and oxygen atoms in total. The van der Waals surface area contributed by atoms with Crippen molar-refractivity contribution in [1.29, 1.82) is 0 Å². The van der Waals surface area contributed by atoms with Gasteiger partial charge >= 0.3 is 0 Å². The Kier molecular flexibility index (Phi) is 3.95. The third-order valence-corrected chi connectivity index (χ3v) is 8.76. The zero-order chi connectivity index (χ0) is 18.0. The van der Waals surface area contributed by atoms with E-state index in [0.717, 1.165) is 12.0 Å². The molecule has 0 bridgehead atoms. The Morgan fingerprint density at radius 3 is 2.72 bits per heavy atom. The van der Waals surface area contributed by atoms with Gasteiger partial charge in [-0.25, -0.2) is 0 Å². The highest BCUT2D eigenvalue weighted by Gasteiger charge is 2.58. The summed E-state index contributed by atoms with van der Waals surface area (Å²) < 4.78 is 0. The van der Waals surface area contributed by atoms with E-state index in [9.17, 15) is 9.90 Å². The summed E-state index contributed by atoms with van der Waals surface area (Å²) in [6.07, 6.45) is 11.1. The molecule has 0 spiro atoms. The monoisotopic (exact) mass is 343 g/mol. The molecule has 2 saturated carbocycles. The van der Waals surface area contributed by atoms with Gasteiger partial charge in [0.1, 0.15) is 0 Å². The predicted octanol–water partition coefficient (Wildman–Crippen LogP) is 3.83. The average molecular weight is 344 g/mol. The number of nitrogens with two attached hydrogens (primary N) is 1. The van der Waals surface area contributed by atoms with Crippen molar-refractivity contribution < 1.29 is 9.90 Å². The maximum Gasteiger partial charge on any atom is 0.178 e. The second-order valence-electron chi connectivity index (χ2n) is 9.71. The van der Waals surface area contributed by atoms with Crippen molar-refractivity contribution in [3.8, 4) is 0 Å². The lowest BCUT2D eigenvalue weighted by molar-refractivity contribution is -0.117. The first-order valence-corrected chi connectivity index (χ1v) is 10.2. The number of carbonyl (C=O) groups is 1. The Labute approximate surface area is 151 Å². The molecule has 2 fully saturated rings. The van der Waals surface area contributed by atoms with Crippen LogP contribution in [0, 0.1) is 40.4 Å². The van der Waals surface area contributed by atoms with Gasteiger partial charge in [-0.15, -0.1) is 0 Å². The normalized spacial score (nSPS) is 47.3. The van der Waals surface area contributed by atoms with Crippen LogP contribution in [0.2, 0.25) is 0 Å². The summed E-state index contributed by atoms with van der Waals surface area (Å²) in [7, 11) is 0. The molecule has 25 heavy (non-hydrogen) atoms. The zero-order valence-corrected chi connectivity index (χ0v) is 15.9.